The number of hydrogen-bond acceptors (Lipinski definition) is 3. The molecule has 1 N–H and O–H groups in total. The summed E-state index contributed by atoms with van der Waals surface area (Å²) in [7, 11) is 0. The van der Waals surface area contributed by atoms with Crippen LogP contribution in [-0.2, 0) is 11.3 Å². The molecule has 0 aliphatic carbocycles. The van der Waals surface area contributed by atoms with Gasteiger partial charge in [-0.1, -0.05) is 18.2 Å². The monoisotopic (exact) mass is 289 g/mol. The van der Waals surface area contributed by atoms with Crippen LogP contribution in [0.4, 0.5) is 13.2 Å². The third kappa shape index (κ3) is 7.81. The first-order valence-electron chi connectivity index (χ1n) is 6.25. The van der Waals surface area contributed by atoms with Crippen molar-refractivity contribution in [2.45, 2.75) is 19.3 Å². The molecule has 1 aromatic carbocycles. The Morgan fingerprint density at radius 3 is 2.45 bits per heavy atom. The molecule has 6 heteroatoms. The van der Waals surface area contributed by atoms with E-state index < -0.39 is 6.36 Å². The van der Waals surface area contributed by atoms with Crippen molar-refractivity contribution < 1.29 is 22.6 Å². The fraction of sp³-hybridized carbons (Fsp3) is 0.429. The predicted octanol–water partition coefficient (Wildman–Crippen LogP) is 3.27. The lowest BCUT2D eigenvalue weighted by atomic mass is 10.2. The Kier molecular flexibility index (Phi) is 7.11. The summed E-state index contributed by atoms with van der Waals surface area (Å²) in [4.78, 5) is 0. The lowest BCUT2D eigenvalue weighted by Gasteiger charge is -2.09. The first kappa shape index (κ1) is 16.5. The molecule has 0 aliphatic heterocycles. The van der Waals surface area contributed by atoms with E-state index in [0.29, 0.717) is 26.3 Å². The summed E-state index contributed by atoms with van der Waals surface area (Å²) in [5, 5.41) is 3.13. The summed E-state index contributed by atoms with van der Waals surface area (Å²) in [6.07, 6.45) is -2.04. The van der Waals surface area contributed by atoms with Gasteiger partial charge in [0.05, 0.1) is 13.2 Å². The largest absolute Gasteiger partial charge is 0.573 e. The molecule has 0 amide bonds. The topological polar surface area (TPSA) is 30.5 Å². The summed E-state index contributed by atoms with van der Waals surface area (Å²) in [5.41, 5.74) is 0.880. The standard InChI is InChI=1S/C14H18F3NO2/c1-2-3-9-19-10-8-18-11-12-4-6-13(7-5-12)20-14(15,16)17/h2,4-7,18H,1,3,8-11H2. The fourth-order valence-corrected chi connectivity index (χ4v) is 1.45. The first-order valence-corrected chi connectivity index (χ1v) is 6.25. The van der Waals surface area contributed by atoms with Gasteiger partial charge < -0.3 is 14.8 Å². The van der Waals surface area contributed by atoms with Crippen molar-refractivity contribution in [1.82, 2.24) is 5.32 Å². The number of rotatable bonds is 9. The molecule has 0 radical (unpaired) electrons. The molecule has 0 saturated carbocycles. The number of alkyl halides is 3. The fourth-order valence-electron chi connectivity index (χ4n) is 1.45. The van der Waals surface area contributed by atoms with Gasteiger partial charge in [0.25, 0.3) is 0 Å². The van der Waals surface area contributed by atoms with Crippen LogP contribution >= 0.6 is 0 Å². The van der Waals surface area contributed by atoms with E-state index in [1.807, 2.05) is 0 Å². The lowest BCUT2D eigenvalue weighted by Crippen LogP contribution is -2.19. The van der Waals surface area contributed by atoms with E-state index in [2.05, 4.69) is 16.6 Å². The van der Waals surface area contributed by atoms with E-state index in [0.717, 1.165) is 12.0 Å². The highest BCUT2D eigenvalue weighted by atomic mass is 19.4. The minimum Gasteiger partial charge on any atom is -0.406 e. The average molecular weight is 289 g/mol. The second kappa shape index (κ2) is 8.60. The maximum absolute atomic E-state index is 12.0. The number of halogens is 3. The number of hydrogen-bond donors (Lipinski definition) is 1. The molecule has 0 fully saturated rings. The van der Waals surface area contributed by atoms with E-state index in [4.69, 9.17) is 4.74 Å². The van der Waals surface area contributed by atoms with Crippen LogP contribution < -0.4 is 10.1 Å². The normalized spacial score (nSPS) is 11.3. The van der Waals surface area contributed by atoms with Crippen LogP contribution in [-0.4, -0.2) is 26.1 Å². The molecule has 0 bridgehead atoms. The molecule has 0 unspecified atom stereocenters. The number of ether oxygens (including phenoxy) is 2. The molecule has 20 heavy (non-hydrogen) atoms. The minimum absolute atomic E-state index is 0.214. The van der Waals surface area contributed by atoms with Crippen molar-refractivity contribution in [3.05, 3.63) is 42.5 Å². The third-order valence-electron chi connectivity index (χ3n) is 2.38. The highest BCUT2D eigenvalue weighted by molar-refractivity contribution is 5.27. The summed E-state index contributed by atoms with van der Waals surface area (Å²) in [6.45, 7) is 6.07. The molecule has 112 valence electrons. The van der Waals surface area contributed by atoms with Crippen LogP contribution in [0.25, 0.3) is 0 Å². The smallest absolute Gasteiger partial charge is 0.406 e. The molecule has 3 nitrogen and oxygen atoms in total. The molecular formula is C14H18F3NO2. The van der Waals surface area contributed by atoms with Crippen LogP contribution in [0.3, 0.4) is 0 Å². The van der Waals surface area contributed by atoms with E-state index in [9.17, 15) is 13.2 Å². The third-order valence-corrected chi connectivity index (χ3v) is 2.38. The Balaban J connectivity index is 2.20. The number of nitrogens with one attached hydrogen (secondary N) is 1. The Bertz CT molecular complexity index is 390. The Morgan fingerprint density at radius 1 is 1.15 bits per heavy atom. The van der Waals surface area contributed by atoms with Gasteiger partial charge in [-0.15, -0.1) is 19.8 Å². The zero-order valence-electron chi connectivity index (χ0n) is 11.1. The van der Waals surface area contributed by atoms with E-state index in [-0.39, 0.29) is 5.75 Å². The van der Waals surface area contributed by atoms with Gasteiger partial charge in [-0.3, -0.25) is 0 Å². The summed E-state index contributed by atoms with van der Waals surface area (Å²) in [6, 6.07) is 5.77. The molecule has 0 spiro atoms. The molecule has 1 rings (SSSR count). The average Bonchev–Trinajstić information content (AvgIpc) is 2.38. The van der Waals surface area contributed by atoms with Crippen molar-refractivity contribution in [3.8, 4) is 5.75 Å². The van der Waals surface area contributed by atoms with E-state index >= 15 is 0 Å². The highest BCUT2D eigenvalue weighted by Crippen LogP contribution is 2.22. The minimum atomic E-state index is -4.65. The van der Waals surface area contributed by atoms with E-state index in [1.54, 1.807) is 18.2 Å². The van der Waals surface area contributed by atoms with Crippen LogP contribution in [0.2, 0.25) is 0 Å². The molecule has 0 saturated heterocycles. The van der Waals surface area contributed by atoms with Crippen LogP contribution in [0.15, 0.2) is 36.9 Å². The summed E-state index contributed by atoms with van der Waals surface area (Å²) in [5.74, 6) is -0.214. The lowest BCUT2D eigenvalue weighted by molar-refractivity contribution is -0.274. The molecular weight excluding hydrogens is 271 g/mol. The predicted molar refractivity (Wildman–Crippen MR) is 70.5 cm³/mol. The van der Waals surface area contributed by atoms with Crippen molar-refractivity contribution in [3.63, 3.8) is 0 Å². The maximum Gasteiger partial charge on any atom is 0.573 e. The van der Waals surface area contributed by atoms with Gasteiger partial charge in [0.15, 0.2) is 0 Å². The first-order chi connectivity index (χ1) is 9.51. The van der Waals surface area contributed by atoms with Crippen molar-refractivity contribution >= 4 is 0 Å². The Morgan fingerprint density at radius 2 is 1.85 bits per heavy atom. The van der Waals surface area contributed by atoms with Crippen molar-refractivity contribution in [2.24, 2.45) is 0 Å². The zero-order valence-corrected chi connectivity index (χ0v) is 11.1. The second-order valence-corrected chi connectivity index (χ2v) is 4.06. The van der Waals surface area contributed by atoms with Gasteiger partial charge in [0.2, 0.25) is 0 Å². The molecule has 0 aliphatic rings. The molecule has 0 heterocycles. The number of benzene rings is 1. The zero-order chi connectivity index (χ0) is 14.8. The second-order valence-electron chi connectivity index (χ2n) is 4.06. The van der Waals surface area contributed by atoms with Gasteiger partial charge in [0, 0.05) is 13.1 Å². The summed E-state index contributed by atoms with van der Waals surface area (Å²) >= 11 is 0. The van der Waals surface area contributed by atoms with Crippen molar-refractivity contribution in [2.75, 3.05) is 19.8 Å². The highest BCUT2D eigenvalue weighted by Gasteiger charge is 2.30. The van der Waals surface area contributed by atoms with Gasteiger partial charge in [-0.25, -0.2) is 0 Å². The van der Waals surface area contributed by atoms with Gasteiger partial charge >= 0.3 is 6.36 Å². The van der Waals surface area contributed by atoms with Crippen molar-refractivity contribution in [1.29, 1.82) is 0 Å². The Labute approximate surface area is 116 Å². The SMILES string of the molecule is C=CCCOCCNCc1ccc(OC(F)(F)F)cc1. The van der Waals surface area contributed by atoms with Crippen LogP contribution in [0.1, 0.15) is 12.0 Å². The maximum atomic E-state index is 12.0. The summed E-state index contributed by atoms with van der Waals surface area (Å²) < 4.78 is 45.0. The molecule has 1 aromatic rings. The van der Waals surface area contributed by atoms with Gasteiger partial charge in [-0.2, -0.15) is 0 Å². The quantitative estimate of drug-likeness (QED) is 0.559. The Hall–Kier alpha value is -1.53. The van der Waals surface area contributed by atoms with Gasteiger partial charge in [-0.05, 0) is 24.1 Å². The van der Waals surface area contributed by atoms with Gasteiger partial charge in [0.1, 0.15) is 5.75 Å². The van der Waals surface area contributed by atoms with Crippen LogP contribution in [0.5, 0.6) is 5.75 Å². The van der Waals surface area contributed by atoms with Crippen LogP contribution in [0, 0.1) is 0 Å². The van der Waals surface area contributed by atoms with E-state index in [1.165, 1.54) is 12.1 Å². The molecule has 0 atom stereocenters. The molecule has 0 aromatic heterocycles.